The number of hydrazine groups is 1. The van der Waals surface area contributed by atoms with Crippen molar-refractivity contribution in [2.75, 3.05) is 5.32 Å². The molecule has 0 bridgehead atoms. The number of rotatable bonds is 4. The van der Waals surface area contributed by atoms with Gasteiger partial charge in [-0.15, -0.1) is 11.3 Å². The highest BCUT2D eigenvalue weighted by atomic mass is 32.1. The first-order chi connectivity index (χ1) is 13.0. The first-order valence-corrected chi connectivity index (χ1v) is 9.10. The van der Waals surface area contributed by atoms with Gasteiger partial charge in [0, 0.05) is 16.6 Å². The molecule has 2 aromatic carbocycles. The van der Waals surface area contributed by atoms with Crippen molar-refractivity contribution in [1.29, 1.82) is 0 Å². The van der Waals surface area contributed by atoms with Crippen LogP contribution in [0.2, 0.25) is 0 Å². The van der Waals surface area contributed by atoms with Crippen LogP contribution in [0, 0.1) is 11.6 Å². The molecule has 0 unspecified atom stereocenters. The van der Waals surface area contributed by atoms with E-state index in [0.29, 0.717) is 16.4 Å². The van der Waals surface area contributed by atoms with Crippen molar-refractivity contribution in [1.82, 2.24) is 15.8 Å². The minimum atomic E-state index is -0.351. The Labute approximate surface area is 163 Å². The first-order valence-electron chi connectivity index (χ1n) is 7.81. The highest BCUT2D eigenvalue weighted by Gasteiger charge is 2.09. The molecular formula is C18H14F2N4OS2. The van der Waals surface area contributed by atoms with Crippen LogP contribution in [0.25, 0.3) is 10.6 Å². The number of aromatic nitrogens is 1. The van der Waals surface area contributed by atoms with Crippen LogP contribution in [0.15, 0.2) is 53.9 Å². The summed E-state index contributed by atoms with van der Waals surface area (Å²) in [5.74, 6) is -0.989. The number of hydrogen-bond donors (Lipinski definition) is 3. The Bertz CT molecular complexity index is 943. The number of nitrogens with one attached hydrogen (secondary N) is 3. The number of thiazole rings is 1. The number of thiocarbonyl (C=S) groups is 1. The number of carbonyl (C=O) groups excluding carboxylic acids is 1. The summed E-state index contributed by atoms with van der Waals surface area (Å²) < 4.78 is 25.8. The molecule has 3 N–H and O–H groups in total. The van der Waals surface area contributed by atoms with Crippen molar-refractivity contribution in [3.8, 4) is 10.6 Å². The lowest BCUT2D eigenvalue weighted by atomic mass is 10.2. The second-order valence-electron chi connectivity index (χ2n) is 5.46. The summed E-state index contributed by atoms with van der Waals surface area (Å²) in [4.78, 5) is 16.4. The quantitative estimate of drug-likeness (QED) is 0.458. The zero-order valence-corrected chi connectivity index (χ0v) is 15.5. The number of hydrogen-bond acceptors (Lipinski definition) is 4. The molecule has 9 heteroatoms. The molecule has 0 spiro atoms. The molecule has 27 heavy (non-hydrogen) atoms. The summed E-state index contributed by atoms with van der Waals surface area (Å²) in [6.45, 7) is 0. The van der Waals surface area contributed by atoms with E-state index in [1.807, 2.05) is 0 Å². The standard InChI is InChI=1S/C18H14F2N4OS2/c19-12-3-1-11(2-4-12)17-21-15(10-27-17)9-16(25)23-24-18(26)22-14-7-5-13(20)6-8-14/h1-8,10H,9H2,(H,23,25)(H2,22,24,26). The number of anilines is 1. The molecule has 0 saturated carbocycles. The third-order valence-electron chi connectivity index (χ3n) is 3.40. The topological polar surface area (TPSA) is 66.0 Å². The third-order valence-corrected chi connectivity index (χ3v) is 4.55. The lowest BCUT2D eigenvalue weighted by molar-refractivity contribution is -0.121. The predicted molar refractivity (Wildman–Crippen MR) is 105 cm³/mol. The van der Waals surface area contributed by atoms with E-state index >= 15 is 0 Å². The molecule has 0 aliphatic rings. The Morgan fingerprint density at radius 3 is 2.30 bits per heavy atom. The van der Waals surface area contributed by atoms with Gasteiger partial charge >= 0.3 is 0 Å². The van der Waals surface area contributed by atoms with Crippen LogP contribution in [-0.4, -0.2) is 16.0 Å². The number of carbonyl (C=O) groups is 1. The maximum Gasteiger partial charge on any atom is 0.244 e. The van der Waals surface area contributed by atoms with Crippen LogP contribution in [0.4, 0.5) is 14.5 Å². The van der Waals surface area contributed by atoms with Gasteiger partial charge in [0.2, 0.25) is 5.91 Å². The maximum absolute atomic E-state index is 13.0. The van der Waals surface area contributed by atoms with Crippen LogP contribution in [0.5, 0.6) is 0 Å². The third kappa shape index (κ3) is 5.53. The van der Waals surface area contributed by atoms with E-state index in [1.54, 1.807) is 17.5 Å². The Kier molecular flexibility index (Phi) is 6.05. The van der Waals surface area contributed by atoms with Crippen molar-refractivity contribution in [2.24, 2.45) is 0 Å². The van der Waals surface area contributed by atoms with Crippen molar-refractivity contribution in [3.05, 3.63) is 71.2 Å². The lowest BCUT2D eigenvalue weighted by Crippen LogP contribution is -2.44. The van der Waals surface area contributed by atoms with E-state index in [1.165, 1.54) is 47.7 Å². The van der Waals surface area contributed by atoms with Gasteiger partial charge in [-0.3, -0.25) is 15.6 Å². The average molecular weight is 404 g/mol. The summed E-state index contributed by atoms with van der Waals surface area (Å²) in [6.07, 6.45) is 0.0594. The van der Waals surface area contributed by atoms with Crippen molar-refractivity contribution in [2.45, 2.75) is 6.42 Å². The molecule has 3 rings (SSSR count). The monoisotopic (exact) mass is 404 g/mol. The van der Waals surface area contributed by atoms with Crippen LogP contribution < -0.4 is 16.2 Å². The van der Waals surface area contributed by atoms with E-state index in [0.717, 1.165) is 5.56 Å². The molecule has 0 aliphatic heterocycles. The highest BCUT2D eigenvalue weighted by molar-refractivity contribution is 7.80. The normalized spacial score (nSPS) is 10.3. The summed E-state index contributed by atoms with van der Waals surface area (Å²) in [7, 11) is 0. The van der Waals surface area contributed by atoms with E-state index in [-0.39, 0.29) is 29.1 Å². The summed E-state index contributed by atoms with van der Waals surface area (Å²) >= 11 is 6.43. The molecule has 0 saturated heterocycles. The fraction of sp³-hybridized carbons (Fsp3) is 0.0556. The highest BCUT2D eigenvalue weighted by Crippen LogP contribution is 2.24. The van der Waals surface area contributed by atoms with E-state index in [9.17, 15) is 13.6 Å². The molecule has 1 amide bonds. The molecular weight excluding hydrogens is 390 g/mol. The van der Waals surface area contributed by atoms with Crippen molar-refractivity contribution < 1.29 is 13.6 Å². The predicted octanol–water partition coefficient (Wildman–Crippen LogP) is 3.65. The summed E-state index contributed by atoms with van der Waals surface area (Å²) in [5, 5.41) is 5.46. The summed E-state index contributed by atoms with van der Waals surface area (Å²) in [5.41, 5.74) is 7.01. The average Bonchev–Trinajstić information content (AvgIpc) is 3.11. The minimum Gasteiger partial charge on any atom is -0.331 e. The zero-order chi connectivity index (χ0) is 19.2. The smallest absolute Gasteiger partial charge is 0.244 e. The molecule has 3 aromatic rings. The van der Waals surface area contributed by atoms with Crippen molar-refractivity contribution >= 4 is 40.3 Å². The molecule has 0 fully saturated rings. The molecule has 5 nitrogen and oxygen atoms in total. The van der Waals surface area contributed by atoms with Gasteiger partial charge in [-0.05, 0) is 60.7 Å². The minimum absolute atomic E-state index is 0.0594. The molecule has 0 atom stereocenters. The number of nitrogens with zero attached hydrogens (tertiary/aromatic N) is 1. The largest absolute Gasteiger partial charge is 0.331 e. The molecule has 1 aromatic heterocycles. The molecule has 1 heterocycles. The Morgan fingerprint density at radius 2 is 1.63 bits per heavy atom. The van der Waals surface area contributed by atoms with Gasteiger partial charge in [-0.2, -0.15) is 0 Å². The van der Waals surface area contributed by atoms with Gasteiger partial charge in [0.05, 0.1) is 12.1 Å². The lowest BCUT2D eigenvalue weighted by Gasteiger charge is -2.11. The van der Waals surface area contributed by atoms with E-state index < -0.39 is 0 Å². The maximum atomic E-state index is 13.0. The van der Waals surface area contributed by atoms with Crippen molar-refractivity contribution in [3.63, 3.8) is 0 Å². The Hall–Kier alpha value is -2.91. The van der Waals surface area contributed by atoms with Gasteiger partial charge in [-0.1, -0.05) is 0 Å². The zero-order valence-electron chi connectivity index (χ0n) is 13.8. The van der Waals surface area contributed by atoms with E-state index in [2.05, 4.69) is 21.2 Å². The number of benzene rings is 2. The second kappa shape index (κ2) is 8.65. The van der Waals surface area contributed by atoms with Gasteiger partial charge in [0.25, 0.3) is 0 Å². The molecule has 138 valence electrons. The van der Waals surface area contributed by atoms with Gasteiger partial charge < -0.3 is 5.32 Å². The van der Waals surface area contributed by atoms with Gasteiger partial charge in [0.1, 0.15) is 16.6 Å². The fourth-order valence-electron chi connectivity index (χ4n) is 2.14. The SMILES string of the molecule is O=C(Cc1csc(-c2ccc(F)cc2)n1)NNC(=S)Nc1ccc(F)cc1. The molecule has 0 radical (unpaired) electrons. The molecule has 0 aliphatic carbocycles. The fourth-order valence-corrected chi connectivity index (χ4v) is 3.14. The van der Waals surface area contributed by atoms with Crippen LogP contribution in [0.1, 0.15) is 5.69 Å². The van der Waals surface area contributed by atoms with Gasteiger partial charge in [0.15, 0.2) is 5.11 Å². The van der Waals surface area contributed by atoms with Crippen LogP contribution >= 0.6 is 23.6 Å². The van der Waals surface area contributed by atoms with Crippen LogP contribution in [-0.2, 0) is 11.2 Å². The van der Waals surface area contributed by atoms with E-state index in [4.69, 9.17) is 12.2 Å². The second-order valence-corrected chi connectivity index (χ2v) is 6.73. The number of halogens is 2. The number of amides is 1. The van der Waals surface area contributed by atoms with Crippen LogP contribution in [0.3, 0.4) is 0 Å². The Balaban J connectivity index is 1.48. The Morgan fingerprint density at radius 1 is 1.00 bits per heavy atom. The summed E-state index contributed by atoms with van der Waals surface area (Å²) in [6, 6.07) is 11.6. The van der Waals surface area contributed by atoms with Gasteiger partial charge in [-0.25, -0.2) is 13.8 Å². The first kappa shape index (κ1) is 18.9.